The van der Waals surface area contributed by atoms with Gasteiger partial charge in [0.25, 0.3) is 0 Å². The fraction of sp³-hybridized carbons (Fsp3) is 0.400. The van der Waals surface area contributed by atoms with Gasteiger partial charge in [-0.2, -0.15) is 0 Å². The number of amides is 3. The Balaban J connectivity index is 1.35. The number of likely N-dealkylation sites (tertiary alicyclic amines) is 1. The van der Waals surface area contributed by atoms with Crippen LogP contribution in [0.5, 0.6) is 0 Å². The van der Waals surface area contributed by atoms with Crippen molar-refractivity contribution >= 4 is 34.7 Å². The molecule has 3 aliphatic rings. The summed E-state index contributed by atoms with van der Waals surface area (Å²) >= 11 is 0. The molecule has 2 heterocycles. The van der Waals surface area contributed by atoms with Crippen molar-refractivity contribution in [1.29, 1.82) is 0 Å². The van der Waals surface area contributed by atoms with E-state index in [0.29, 0.717) is 12.5 Å². The maximum atomic E-state index is 12.7. The van der Waals surface area contributed by atoms with Crippen LogP contribution >= 0.6 is 0 Å². The lowest BCUT2D eigenvalue weighted by Gasteiger charge is -2.16. The second kappa shape index (κ2) is 5.77. The molecule has 0 spiro atoms. The summed E-state index contributed by atoms with van der Waals surface area (Å²) in [5.41, 5.74) is 1.72. The van der Waals surface area contributed by atoms with Gasteiger partial charge in [0.2, 0.25) is 23.7 Å². The maximum absolute atomic E-state index is 12.7. The van der Waals surface area contributed by atoms with Crippen LogP contribution in [-0.4, -0.2) is 38.7 Å². The van der Waals surface area contributed by atoms with Gasteiger partial charge in [-0.3, -0.25) is 24.6 Å². The van der Waals surface area contributed by atoms with Crippen LogP contribution in [-0.2, 0) is 20.9 Å². The maximum Gasteiger partial charge on any atom is 0.246 e. The third kappa shape index (κ3) is 2.27. The standard InChI is InChI=1S/C20H20N4O3/c1-2-23-14-6-4-3-5-13(14)21-20(23)22-15(25)10-24-18(26)16-11-7-8-12(9-11)17(16)19(24)27/h3-8,11-12,16-17H,2,9-10H2,1H3,(H,21,22,25). The van der Waals surface area contributed by atoms with Crippen LogP contribution in [0.15, 0.2) is 36.4 Å². The Morgan fingerprint density at radius 2 is 1.81 bits per heavy atom. The molecule has 1 aromatic heterocycles. The predicted molar refractivity (Wildman–Crippen MR) is 98.5 cm³/mol. The molecule has 2 aliphatic carbocycles. The second-order valence-electron chi connectivity index (χ2n) is 7.48. The molecule has 0 radical (unpaired) electrons. The first-order chi connectivity index (χ1) is 13.1. The zero-order chi connectivity index (χ0) is 18.7. The van der Waals surface area contributed by atoms with E-state index in [1.807, 2.05) is 47.9 Å². The van der Waals surface area contributed by atoms with Crippen LogP contribution < -0.4 is 5.32 Å². The number of allylic oxidation sites excluding steroid dienone is 2. The summed E-state index contributed by atoms with van der Waals surface area (Å²) in [5, 5.41) is 2.77. The number of nitrogens with zero attached hydrogens (tertiary/aromatic N) is 3. The number of para-hydroxylation sites is 2. The molecule has 4 unspecified atom stereocenters. The van der Waals surface area contributed by atoms with Gasteiger partial charge in [-0.1, -0.05) is 24.3 Å². The van der Waals surface area contributed by atoms with Gasteiger partial charge in [-0.15, -0.1) is 0 Å². The van der Waals surface area contributed by atoms with E-state index in [2.05, 4.69) is 10.3 Å². The Morgan fingerprint density at radius 1 is 1.15 bits per heavy atom. The molecule has 2 fully saturated rings. The molecule has 138 valence electrons. The van der Waals surface area contributed by atoms with Crippen molar-refractivity contribution in [3.05, 3.63) is 36.4 Å². The van der Waals surface area contributed by atoms with Crippen LogP contribution in [0, 0.1) is 23.7 Å². The van der Waals surface area contributed by atoms with Crippen LogP contribution in [0.3, 0.4) is 0 Å². The molecule has 27 heavy (non-hydrogen) atoms. The molecule has 3 amide bonds. The number of rotatable bonds is 4. The summed E-state index contributed by atoms with van der Waals surface area (Å²) in [6.07, 6.45) is 4.97. The van der Waals surface area contributed by atoms with E-state index < -0.39 is 5.91 Å². The Bertz CT molecular complexity index is 978. The summed E-state index contributed by atoms with van der Waals surface area (Å²) in [6, 6.07) is 7.64. The number of fused-ring (bicyclic) bond motifs is 6. The molecule has 1 aromatic carbocycles. The van der Waals surface area contributed by atoms with Gasteiger partial charge >= 0.3 is 0 Å². The fourth-order valence-electron chi connectivity index (χ4n) is 4.92. The first-order valence-electron chi connectivity index (χ1n) is 9.37. The number of benzene rings is 1. The van der Waals surface area contributed by atoms with Crippen molar-refractivity contribution < 1.29 is 14.4 Å². The topological polar surface area (TPSA) is 84.3 Å². The largest absolute Gasteiger partial charge is 0.310 e. The average molecular weight is 364 g/mol. The minimum atomic E-state index is -0.401. The predicted octanol–water partition coefficient (Wildman–Crippen LogP) is 1.80. The average Bonchev–Trinajstić information content (AvgIpc) is 3.40. The van der Waals surface area contributed by atoms with E-state index in [0.717, 1.165) is 22.4 Å². The van der Waals surface area contributed by atoms with Gasteiger partial charge < -0.3 is 4.57 Å². The second-order valence-corrected chi connectivity index (χ2v) is 7.48. The molecule has 1 N–H and O–H groups in total. The summed E-state index contributed by atoms with van der Waals surface area (Å²) in [6.45, 7) is 2.37. The lowest BCUT2D eigenvalue weighted by molar-refractivity contribution is -0.143. The molecule has 5 rings (SSSR count). The number of hydrogen-bond acceptors (Lipinski definition) is 4. The van der Waals surface area contributed by atoms with E-state index in [9.17, 15) is 14.4 Å². The van der Waals surface area contributed by atoms with Gasteiger partial charge in [-0.05, 0) is 37.3 Å². The highest BCUT2D eigenvalue weighted by atomic mass is 16.2. The Hall–Kier alpha value is -2.96. The minimum absolute atomic E-state index is 0.147. The van der Waals surface area contributed by atoms with E-state index in [1.165, 1.54) is 0 Å². The van der Waals surface area contributed by atoms with Gasteiger partial charge in [0.15, 0.2) is 0 Å². The number of aryl methyl sites for hydroxylation is 1. The number of carbonyl (C=O) groups is 3. The first-order valence-corrected chi connectivity index (χ1v) is 9.37. The van der Waals surface area contributed by atoms with Crippen molar-refractivity contribution in [2.45, 2.75) is 19.9 Å². The summed E-state index contributed by atoms with van der Waals surface area (Å²) < 4.78 is 1.90. The lowest BCUT2D eigenvalue weighted by Crippen LogP contribution is -2.39. The fourth-order valence-corrected chi connectivity index (χ4v) is 4.92. The number of nitrogens with one attached hydrogen (secondary N) is 1. The molecule has 2 aromatic rings. The number of imide groups is 1. The van der Waals surface area contributed by atoms with Gasteiger partial charge in [0.05, 0.1) is 22.9 Å². The van der Waals surface area contributed by atoms with Crippen molar-refractivity contribution in [2.75, 3.05) is 11.9 Å². The van der Waals surface area contributed by atoms with Crippen molar-refractivity contribution in [2.24, 2.45) is 23.7 Å². The molecule has 1 aliphatic heterocycles. The van der Waals surface area contributed by atoms with E-state index in [-0.39, 0.29) is 42.0 Å². The monoisotopic (exact) mass is 364 g/mol. The van der Waals surface area contributed by atoms with E-state index in [1.54, 1.807) is 0 Å². The quantitative estimate of drug-likeness (QED) is 0.662. The van der Waals surface area contributed by atoms with E-state index in [4.69, 9.17) is 0 Å². The first kappa shape index (κ1) is 16.2. The SMILES string of the molecule is CCn1c(NC(=O)CN2C(=O)C3C4C=CC(C4)C3C2=O)nc2ccccc21. The number of anilines is 1. The lowest BCUT2D eigenvalue weighted by atomic mass is 9.85. The normalized spacial score (nSPS) is 28.4. The van der Waals surface area contributed by atoms with Crippen LogP contribution in [0.2, 0.25) is 0 Å². The molecule has 7 nitrogen and oxygen atoms in total. The van der Waals surface area contributed by atoms with Crippen molar-refractivity contribution in [1.82, 2.24) is 14.5 Å². The molecule has 1 saturated carbocycles. The highest BCUT2D eigenvalue weighted by Crippen LogP contribution is 2.52. The Labute approximate surface area is 156 Å². The number of aromatic nitrogens is 2. The van der Waals surface area contributed by atoms with Crippen molar-refractivity contribution in [3.8, 4) is 0 Å². The van der Waals surface area contributed by atoms with Crippen molar-refractivity contribution in [3.63, 3.8) is 0 Å². The van der Waals surface area contributed by atoms with Crippen LogP contribution in [0.4, 0.5) is 5.95 Å². The molecular weight excluding hydrogens is 344 g/mol. The summed E-state index contributed by atoms with van der Waals surface area (Å²) in [5.74, 6) is -0.641. The van der Waals surface area contributed by atoms with Gasteiger partial charge in [-0.25, -0.2) is 4.98 Å². The number of carbonyl (C=O) groups excluding carboxylic acids is 3. The zero-order valence-electron chi connectivity index (χ0n) is 15.0. The molecular formula is C20H20N4O3. The third-order valence-corrected chi connectivity index (χ3v) is 6.09. The van der Waals surface area contributed by atoms with Crippen LogP contribution in [0.25, 0.3) is 11.0 Å². The van der Waals surface area contributed by atoms with E-state index >= 15 is 0 Å². The highest BCUT2D eigenvalue weighted by molar-refractivity contribution is 6.09. The summed E-state index contributed by atoms with van der Waals surface area (Å²) in [4.78, 5) is 43.6. The molecule has 4 atom stereocenters. The third-order valence-electron chi connectivity index (χ3n) is 6.09. The van der Waals surface area contributed by atoms with Gasteiger partial charge in [0, 0.05) is 6.54 Å². The molecule has 1 saturated heterocycles. The highest BCUT2D eigenvalue weighted by Gasteiger charge is 2.59. The molecule has 7 heteroatoms. The number of hydrogen-bond donors (Lipinski definition) is 1. The minimum Gasteiger partial charge on any atom is -0.310 e. The number of imidazole rings is 1. The summed E-state index contributed by atoms with van der Waals surface area (Å²) in [7, 11) is 0. The Morgan fingerprint density at radius 3 is 2.48 bits per heavy atom. The molecule has 2 bridgehead atoms. The Kier molecular flexibility index (Phi) is 3.47. The zero-order valence-corrected chi connectivity index (χ0v) is 15.0. The smallest absolute Gasteiger partial charge is 0.246 e. The van der Waals surface area contributed by atoms with Gasteiger partial charge in [0.1, 0.15) is 6.54 Å². The van der Waals surface area contributed by atoms with Crippen LogP contribution in [0.1, 0.15) is 13.3 Å².